The standard InChI is InChI=1S/C12H18N2O3/c1-4-10(12(15)16)5-6-13-7-11-14-8(2)9(3)17-11/h5,13H,4,6-7H2,1-3H3,(H,15,16). The molecule has 0 spiro atoms. The molecule has 0 unspecified atom stereocenters. The summed E-state index contributed by atoms with van der Waals surface area (Å²) >= 11 is 0. The number of carboxylic acids is 1. The second-order valence-electron chi connectivity index (χ2n) is 3.77. The van der Waals surface area contributed by atoms with Gasteiger partial charge in [-0.2, -0.15) is 0 Å². The van der Waals surface area contributed by atoms with Crippen molar-refractivity contribution in [1.82, 2.24) is 10.3 Å². The number of aliphatic carboxylic acids is 1. The molecular weight excluding hydrogens is 220 g/mol. The Morgan fingerprint density at radius 2 is 2.24 bits per heavy atom. The van der Waals surface area contributed by atoms with E-state index in [4.69, 9.17) is 9.52 Å². The Morgan fingerprint density at radius 3 is 2.71 bits per heavy atom. The van der Waals surface area contributed by atoms with E-state index in [1.807, 2.05) is 20.8 Å². The number of aryl methyl sites for hydroxylation is 2. The van der Waals surface area contributed by atoms with Crippen LogP contribution in [0.15, 0.2) is 16.1 Å². The van der Waals surface area contributed by atoms with E-state index in [9.17, 15) is 4.79 Å². The van der Waals surface area contributed by atoms with Crippen molar-refractivity contribution in [1.29, 1.82) is 0 Å². The van der Waals surface area contributed by atoms with Crippen molar-refractivity contribution in [3.63, 3.8) is 0 Å². The van der Waals surface area contributed by atoms with Gasteiger partial charge in [0.05, 0.1) is 12.2 Å². The summed E-state index contributed by atoms with van der Waals surface area (Å²) in [4.78, 5) is 14.9. The molecular formula is C12H18N2O3. The molecule has 0 amide bonds. The van der Waals surface area contributed by atoms with E-state index in [0.717, 1.165) is 11.5 Å². The van der Waals surface area contributed by atoms with Crippen LogP contribution in [0.3, 0.4) is 0 Å². The zero-order valence-corrected chi connectivity index (χ0v) is 10.4. The predicted molar refractivity (Wildman–Crippen MR) is 63.7 cm³/mol. The molecule has 0 radical (unpaired) electrons. The van der Waals surface area contributed by atoms with Crippen molar-refractivity contribution >= 4 is 5.97 Å². The lowest BCUT2D eigenvalue weighted by Crippen LogP contribution is -2.14. The summed E-state index contributed by atoms with van der Waals surface area (Å²) < 4.78 is 5.38. The van der Waals surface area contributed by atoms with Gasteiger partial charge in [0.25, 0.3) is 0 Å². The van der Waals surface area contributed by atoms with Gasteiger partial charge in [0, 0.05) is 12.1 Å². The number of nitrogens with zero attached hydrogens (tertiary/aromatic N) is 1. The molecule has 94 valence electrons. The summed E-state index contributed by atoms with van der Waals surface area (Å²) in [5, 5.41) is 11.9. The van der Waals surface area contributed by atoms with Gasteiger partial charge in [-0.1, -0.05) is 13.0 Å². The Kier molecular flexibility index (Phi) is 4.90. The molecule has 5 nitrogen and oxygen atoms in total. The zero-order valence-electron chi connectivity index (χ0n) is 10.4. The molecule has 2 N–H and O–H groups in total. The fourth-order valence-electron chi connectivity index (χ4n) is 1.37. The minimum atomic E-state index is -0.864. The molecule has 0 aliphatic carbocycles. The van der Waals surface area contributed by atoms with Gasteiger partial charge >= 0.3 is 5.97 Å². The maximum atomic E-state index is 10.7. The number of hydrogen-bond acceptors (Lipinski definition) is 4. The predicted octanol–water partition coefficient (Wildman–Crippen LogP) is 1.80. The first-order valence-corrected chi connectivity index (χ1v) is 5.60. The lowest BCUT2D eigenvalue weighted by atomic mass is 10.2. The summed E-state index contributed by atoms with van der Waals surface area (Å²) in [6, 6.07) is 0. The molecule has 0 atom stereocenters. The van der Waals surface area contributed by atoms with Crippen molar-refractivity contribution in [2.24, 2.45) is 0 Å². The summed E-state index contributed by atoms with van der Waals surface area (Å²) in [6.07, 6.45) is 2.19. The first-order valence-electron chi connectivity index (χ1n) is 5.60. The van der Waals surface area contributed by atoms with Crippen LogP contribution in [0.25, 0.3) is 0 Å². The third-order valence-electron chi connectivity index (χ3n) is 2.50. The average Bonchev–Trinajstić information content (AvgIpc) is 2.58. The van der Waals surface area contributed by atoms with Crippen LogP contribution in [0.4, 0.5) is 0 Å². The smallest absolute Gasteiger partial charge is 0.331 e. The van der Waals surface area contributed by atoms with Gasteiger partial charge < -0.3 is 14.8 Å². The quantitative estimate of drug-likeness (QED) is 0.584. The van der Waals surface area contributed by atoms with Gasteiger partial charge in [-0.05, 0) is 20.3 Å². The zero-order chi connectivity index (χ0) is 12.8. The van der Waals surface area contributed by atoms with E-state index in [2.05, 4.69) is 10.3 Å². The highest BCUT2D eigenvalue weighted by molar-refractivity contribution is 5.86. The van der Waals surface area contributed by atoms with Crippen LogP contribution < -0.4 is 5.32 Å². The fourth-order valence-corrected chi connectivity index (χ4v) is 1.37. The number of nitrogens with one attached hydrogen (secondary N) is 1. The Balaban J connectivity index is 2.40. The summed E-state index contributed by atoms with van der Waals surface area (Å²) in [6.45, 7) is 6.58. The van der Waals surface area contributed by atoms with Crippen molar-refractivity contribution < 1.29 is 14.3 Å². The van der Waals surface area contributed by atoms with Gasteiger partial charge in [-0.15, -0.1) is 0 Å². The van der Waals surface area contributed by atoms with Crippen LogP contribution in [0.2, 0.25) is 0 Å². The molecule has 1 heterocycles. The summed E-state index contributed by atoms with van der Waals surface area (Å²) in [5.41, 5.74) is 1.30. The number of aromatic nitrogens is 1. The molecule has 0 saturated carbocycles. The SMILES string of the molecule is CCC(=CCNCc1nc(C)c(C)o1)C(=O)O. The minimum absolute atomic E-state index is 0.414. The molecule has 5 heteroatoms. The highest BCUT2D eigenvalue weighted by Crippen LogP contribution is 2.07. The molecule has 1 aromatic rings. The normalized spacial score (nSPS) is 11.8. The van der Waals surface area contributed by atoms with E-state index in [1.165, 1.54) is 0 Å². The highest BCUT2D eigenvalue weighted by Gasteiger charge is 2.05. The maximum absolute atomic E-state index is 10.7. The van der Waals surface area contributed by atoms with Crippen molar-refractivity contribution in [3.8, 4) is 0 Å². The van der Waals surface area contributed by atoms with Gasteiger partial charge in [0.15, 0.2) is 0 Å². The second kappa shape index (κ2) is 6.20. The number of oxazole rings is 1. The van der Waals surface area contributed by atoms with E-state index in [-0.39, 0.29) is 0 Å². The third-order valence-corrected chi connectivity index (χ3v) is 2.50. The molecule has 1 rings (SSSR count). The van der Waals surface area contributed by atoms with Crippen molar-refractivity contribution in [2.45, 2.75) is 33.7 Å². The van der Waals surface area contributed by atoms with Crippen LogP contribution in [0.5, 0.6) is 0 Å². The number of rotatable bonds is 6. The van der Waals surface area contributed by atoms with Gasteiger partial charge in [0.2, 0.25) is 5.89 Å². The van der Waals surface area contributed by atoms with E-state index in [1.54, 1.807) is 6.08 Å². The molecule has 0 bridgehead atoms. The molecule has 1 aromatic heterocycles. The lowest BCUT2D eigenvalue weighted by Gasteiger charge is -1.99. The largest absolute Gasteiger partial charge is 0.478 e. The Labute approximate surface area is 101 Å². The first kappa shape index (κ1) is 13.4. The van der Waals surface area contributed by atoms with Crippen LogP contribution in [0.1, 0.15) is 30.7 Å². The van der Waals surface area contributed by atoms with Gasteiger partial charge in [-0.3, -0.25) is 0 Å². The monoisotopic (exact) mass is 238 g/mol. The van der Waals surface area contributed by atoms with Crippen LogP contribution in [0, 0.1) is 13.8 Å². The number of hydrogen-bond donors (Lipinski definition) is 2. The van der Waals surface area contributed by atoms with Crippen molar-refractivity contribution in [2.75, 3.05) is 6.54 Å². The Hall–Kier alpha value is -1.62. The van der Waals surface area contributed by atoms with E-state index >= 15 is 0 Å². The molecule has 0 aliphatic rings. The fraction of sp³-hybridized carbons (Fsp3) is 0.500. The first-order chi connectivity index (χ1) is 8.04. The van der Waals surface area contributed by atoms with Crippen molar-refractivity contribution in [3.05, 3.63) is 29.0 Å². The number of carboxylic acid groups (broad SMARTS) is 1. The van der Waals surface area contributed by atoms with Gasteiger partial charge in [0.1, 0.15) is 5.76 Å². The van der Waals surface area contributed by atoms with Crippen LogP contribution in [-0.2, 0) is 11.3 Å². The van der Waals surface area contributed by atoms with E-state index < -0.39 is 5.97 Å². The number of carbonyl (C=O) groups is 1. The molecule has 0 aliphatic heterocycles. The summed E-state index contributed by atoms with van der Waals surface area (Å²) in [7, 11) is 0. The molecule has 0 aromatic carbocycles. The Morgan fingerprint density at radius 1 is 1.53 bits per heavy atom. The highest BCUT2D eigenvalue weighted by atomic mass is 16.4. The molecule has 0 saturated heterocycles. The average molecular weight is 238 g/mol. The topological polar surface area (TPSA) is 75.4 Å². The lowest BCUT2D eigenvalue weighted by molar-refractivity contribution is -0.132. The summed E-state index contributed by atoms with van der Waals surface area (Å²) in [5.74, 6) is 0.580. The second-order valence-corrected chi connectivity index (χ2v) is 3.77. The minimum Gasteiger partial charge on any atom is -0.478 e. The van der Waals surface area contributed by atoms with E-state index in [0.29, 0.717) is 31.0 Å². The third kappa shape index (κ3) is 4.03. The van der Waals surface area contributed by atoms with Gasteiger partial charge in [-0.25, -0.2) is 9.78 Å². The van der Waals surface area contributed by atoms with Crippen LogP contribution in [-0.4, -0.2) is 22.6 Å². The van der Waals surface area contributed by atoms with Crippen LogP contribution >= 0.6 is 0 Å². The maximum Gasteiger partial charge on any atom is 0.331 e. The Bertz CT molecular complexity index is 402. The molecule has 0 fully saturated rings. The molecule has 17 heavy (non-hydrogen) atoms.